The molecule has 60 heavy (non-hydrogen) atoms. The molecule has 18 heteroatoms. The zero-order chi connectivity index (χ0) is 42.4. The van der Waals surface area contributed by atoms with Crippen molar-refractivity contribution < 1.29 is 55.6 Å². The summed E-state index contributed by atoms with van der Waals surface area (Å²) in [6.45, 7) is 2.66. The Morgan fingerprint density at radius 3 is 2.28 bits per heavy atom. The van der Waals surface area contributed by atoms with Crippen LogP contribution in [0.2, 0.25) is 0 Å². The Balaban J connectivity index is 1.09. The summed E-state index contributed by atoms with van der Waals surface area (Å²) in [6, 6.07) is 19.9. The Kier molecular flexibility index (Phi) is 12.9. The van der Waals surface area contributed by atoms with E-state index in [1.54, 1.807) is 60.4 Å². The summed E-state index contributed by atoms with van der Waals surface area (Å²) in [6.07, 6.45) is 1.21. The van der Waals surface area contributed by atoms with Crippen molar-refractivity contribution in [3.8, 4) is 5.75 Å². The smallest absolute Gasteiger partial charge is 0.434 e. The number of ether oxygens (including phenoxy) is 2. The van der Waals surface area contributed by atoms with E-state index in [0.29, 0.717) is 31.0 Å². The van der Waals surface area contributed by atoms with Gasteiger partial charge in [-0.25, -0.2) is 18.1 Å². The zero-order valence-electron chi connectivity index (χ0n) is 32.8. The van der Waals surface area contributed by atoms with Gasteiger partial charge in [0.25, 0.3) is 11.8 Å². The number of oxime groups is 1. The number of carbonyl (C=O) groups is 3. The Bertz CT molecular complexity index is 2340. The van der Waals surface area contributed by atoms with Crippen LogP contribution < -0.4 is 15.5 Å². The zero-order valence-corrected chi connectivity index (χ0v) is 33.7. The van der Waals surface area contributed by atoms with Gasteiger partial charge in [0.15, 0.2) is 11.3 Å². The number of rotatable bonds is 15. The fourth-order valence-corrected chi connectivity index (χ4v) is 8.56. The number of nitrogens with zero attached hydrogens (tertiary/aromatic N) is 3. The second kappa shape index (κ2) is 18.3. The Morgan fingerprint density at radius 1 is 0.967 bits per heavy atom. The highest BCUT2D eigenvalue weighted by molar-refractivity contribution is 7.48. The molecule has 15 nitrogen and oxygen atoms in total. The fourth-order valence-electron chi connectivity index (χ4n) is 7.37. The summed E-state index contributed by atoms with van der Waals surface area (Å²) < 4.78 is 70.6. The monoisotopic (exact) mass is 848 g/mol. The number of hydrogen-bond donors (Lipinski definition) is 1. The topological polar surface area (TPSA) is 173 Å². The van der Waals surface area contributed by atoms with E-state index in [1.807, 2.05) is 19.1 Å². The summed E-state index contributed by atoms with van der Waals surface area (Å²) in [5.74, 6) is -4.08. The van der Waals surface area contributed by atoms with Gasteiger partial charge in [0, 0.05) is 49.8 Å². The van der Waals surface area contributed by atoms with Gasteiger partial charge < -0.3 is 29.1 Å². The van der Waals surface area contributed by atoms with E-state index >= 15 is 0 Å². The number of halogens is 2. The average molecular weight is 849 g/mol. The van der Waals surface area contributed by atoms with Crippen LogP contribution in [0.4, 0.5) is 13.6 Å². The molecule has 1 aromatic heterocycles. The summed E-state index contributed by atoms with van der Waals surface area (Å²) in [5, 5.41) is 6.66. The van der Waals surface area contributed by atoms with Crippen molar-refractivity contribution in [2.75, 3.05) is 19.8 Å². The van der Waals surface area contributed by atoms with Crippen LogP contribution in [0.1, 0.15) is 83.1 Å². The highest BCUT2D eigenvalue weighted by Gasteiger charge is 2.54. The largest absolute Gasteiger partial charge is 0.514 e. The molecular weight excluding hydrogens is 805 g/mol. The second-order valence-corrected chi connectivity index (χ2v) is 16.4. The first-order valence-electron chi connectivity index (χ1n) is 19.3. The molecular formula is C42H43F2N4O11P. The minimum atomic E-state index is -4.13. The van der Waals surface area contributed by atoms with Crippen molar-refractivity contribution in [3.63, 3.8) is 0 Å². The van der Waals surface area contributed by atoms with Crippen LogP contribution in [0.3, 0.4) is 0 Å². The maximum absolute atomic E-state index is 14.4. The maximum Gasteiger partial charge on any atom is 0.514 e. The third kappa shape index (κ3) is 9.49. The molecule has 1 N–H and O–H groups in total. The van der Waals surface area contributed by atoms with Gasteiger partial charge >= 0.3 is 14.0 Å². The second-order valence-electron chi connectivity index (χ2n) is 14.7. The summed E-state index contributed by atoms with van der Waals surface area (Å²) in [4.78, 5) is 62.9. The van der Waals surface area contributed by atoms with Crippen molar-refractivity contribution in [1.29, 1.82) is 0 Å². The lowest BCUT2D eigenvalue weighted by Crippen LogP contribution is -2.52. The van der Waals surface area contributed by atoms with E-state index in [2.05, 4.69) is 10.5 Å². The molecule has 0 saturated carbocycles. The number of amides is 2. The third-order valence-corrected chi connectivity index (χ3v) is 11.9. The minimum absolute atomic E-state index is 0.0204. The van der Waals surface area contributed by atoms with Crippen LogP contribution in [0, 0.1) is 11.6 Å². The summed E-state index contributed by atoms with van der Waals surface area (Å²) in [7, 11) is -4.13. The first-order chi connectivity index (χ1) is 28.8. The number of phosphoric ester groups is 1. The molecule has 3 aliphatic heterocycles. The number of benzene rings is 3. The van der Waals surface area contributed by atoms with Crippen LogP contribution in [0.5, 0.6) is 5.75 Å². The Morgan fingerprint density at radius 2 is 1.65 bits per heavy atom. The standard InChI is InChI=1S/C42H43F2N4O11P/c1-27-21-42(59-46-27)17-16-28(2)47-24-35(42)48-23-33(39(50)45-22-31-14-15-32(43)20-34(31)44)37(49)38(36(48)40(47)51)58-41(52)54-18-9-19-55-60(53,56-25-29-10-5-3-6-11-29)57-26-30-12-7-4-8-13-30/h3-8,10-15,20,23,28,35H,9,16-19,21-22,24-26H2,1-2H3,(H,45,50)/t28-,35+,42-/m0/s1. The quantitative estimate of drug-likeness (QED) is 0.0726. The van der Waals surface area contributed by atoms with E-state index in [1.165, 1.54) is 10.8 Å². The van der Waals surface area contributed by atoms with Gasteiger partial charge in [-0.05, 0) is 43.9 Å². The van der Waals surface area contributed by atoms with Gasteiger partial charge in [0.05, 0.1) is 38.2 Å². The molecule has 0 radical (unpaired) electrons. The van der Waals surface area contributed by atoms with E-state index < -0.39 is 72.4 Å². The number of nitrogens with one attached hydrogen (secondary N) is 1. The normalized spacial score (nSPS) is 19.6. The molecule has 1 spiro atoms. The highest BCUT2D eigenvalue weighted by atomic mass is 31.2. The van der Waals surface area contributed by atoms with Crippen molar-refractivity contribution in [1.82, 2.24) is 14.8 Å². The van der Waals surface area contributed by atoms with Crippen LogP contribution in [-0.2, 0) is 47.5 Å². The van der Waals surface area contributed by atoms with Crippen molar-refractivity contribution in [3.05, 3.63) is 135 Å². The van der Waals surface area contributed by atoms with Crippen LogP contribution in [0.15, 0.2) is 95.0 Å². The van der Waals surface area contributed by atoms with E-state index in [0.717, 1.165) is 23.3 Å². The van der Waals surface area contributed by atoms with Gasteiger partial charge in [-0.1, -0.05) is 71.9 Å². The fraction of sp³-hybridized carbons (Fsp3) is 0.357. The average Bonchev–Trinajstić information content (AvgIpc) is 3.57. The molecule has 316 valence electrons. The maximum atomic E-state index is 14.4. The summed E-state index contributed by atoms with van der Waals surface area (Å²) >= 11 is 0. The van der Waals surface area contributed by atoms with Crippen molar-refractivity contribution >= 4 is 31.5 Å². The molecule has 4 aromatic rings. The predicted molar refractivity (Wildman–Crippen MR) is 211 cm³/mol. The van der Waals surface area contributed by atoms with Gasteiger partial charge in [0.1, 0.15) is 17.2 Å². The van der Waals surface area contributed by atoms with Crippen molar-refractivity contribution in [2.45, 2.75) is 77.0 Å². The van der Waals surface area contributed by atoms with Crippen molar-refractivity contribution in [2.24, 2.45) is 5.16 Å². The number of pyridine rings is 1. The van der Waals surface area contributed by atoms with E-state index in [9.17, 15) is 32.5 Å². The minimum Gasteiger partial charge on any atom is -0.434 e. The van der Waals surface area contributed by atoms with Gasteiger partial charge in [-0.3, -0.25) is 28.0 Å². The molecule has 7 rings (SSSR count). The first-order valence-corrected chi connectivity index (χ1v) is 20.8. The molecule has 2 bridgehead atoms. The van der Waals surface area contributed by atoms with Gasteiger partial charge in [-0.15, -0.1) is 0 Å². The van der Waals surface area contributed by atoms with E-state index in [4.69, 9.17) is 27.9 Å². The van der Waals surface area contributed by atoms with Gasteiger partial charge in [-0.2, -0.15) is 0 Å². The lowest BCUT2D eigenvalue weighted by atomic mass is 9.84. The molecule has 0 aliphatic carbocycles. The third-order valence-electron chi connectivity index (χ3n) is 10.5. The Labute approximate surface area is 343 Å². The highest BCUT2D eigenvalue weighted by Crippen LogP contribution is 2.51. The summed E-state index contributed by atoms with van der Waals surface area (Å²) in [5.41, 5.74) is -0.778. The van der Waals surface area contributed by atoms with Crippen LogP contribution in [0.25, 0.3) is 0 Å². The molecule has 4 heterocycles. The molecule has 1 saturated heterocycles. The van der Waals surface area contributed by atoms with Gasteiger partial charge in [0.2, 0.25) is 11.2 Å². The first kappa shape index (κ1) is 42.4. The molecule has 1 fully saturated rings. The number of aromatic nitrogens is 1. The molecule has 3 aromatic carbocycles. The number of hydrogen-bond acceptors (Lipinski definition) is 12. The predicted octanol–water partition coefficient (Wildman–Crippen LogP) is 7.23. The lowest BCUT2D eigenvalue weighted by Gasteiger charge is -2.42. The molecule has 3 aliphatic rings. The van der Waals surface area contributed by atoms with Crippen LogP contribution in [-0.4, -0.2) is 64.5 Å². The molecule has 2 amide bonds. The van der Waals surface area contributed by atoms with Crippen LogP contribution >= 0.6 is 7.82 Å². The number of fused-ring (bicyclic) bond motifs is 5. The lowest BCUT2D eigenvalue weighted by molar-refractivity contribution is -0.0655. The Hall–Kier alpha value is -5.74. The SMILES string of the molecule is CC1=NO[C@@]2(CC[C@H](C)N3C[C@H]2n2cc(C(=O)NCc4ccc(F)cc4F)c(=O)c(OC(=O)OCCCOP(=O)(OCc4ccccc4)OCc4ccccc4)c2C3=O)C1. The molecule has 0 unspecified atom stereocenters. The van der Waals surface area contributed by atoms with E-state index in [-0.39, 0.29) is 56.7 Å². The number of carbonyl (C=O) groups excluding carboxylic acids is 3. The number of phosphoric acid groups is 1. The molecule has 3 atom stereocenters.